The van der Waals surface area contributed by atoms with Crippen LogP contribution in [0.25, 0.3) is 5.82 Å². The molecule has 3 nitrogen and oxygen atoms in total. The van der Waals surface area contributed by atoms with Crippen LogP contribution in [0.3, 0.4) is 0 Å². The van der Waals surface area contributed by atoms with Crippen molar-refractivity contribution in [1.29, 1.82) is 0 Å². The summed E-state index contributed by atoms with van der Waals surface area (Å²) in [7, 11) is 0. The van der Waals surface area contributed by atoms with E-state index < -0.39 is 0 Å². The monoisotopic (exact) mass is 288 g/mol. The van der Waals surface area contributed by atoms with Crippen LogP contribution in [0.15, 0.2) is 35.4 Å². The maximum atomic E-state index is 11.8. The molecule has 2 aromatic rings. The molecule has 79 valence electrons. The second-order valence-electron chi connectivity index (χ2n) is 3.45. The number of hydrogen-bond donors (Lipinski definition) is 0. The van der Waals surface area contributed by atoms with E-state index in [1.54, 1.807) is 31.5 Å². The molecule has 2 rings (SSSR count). The number of aryl methyl sites for hydroxylation is 2. The molecule has 0 amide bonds. The molecule has 1 radical (unpaired) electrons. The van der Waals surface area contributed by atoms with Crippen molar-refractivity contribution in [2.24, 2.45) is 0 Å². The molecule has 0 bridgehead atoms. The minimum absolute atomic E-state index is 0. The van der Waals surface area contributed by atoms with E-state index >= 15 is 0 Å². The second-order valence-corrected chi connectivity index (χ2v) is 3.45. The van der Waals surface area contributed by atoms with Gasteiger partial charge in [-0.1, -0.05) is 19.2 Å². The SMILES string of the molecule is Cc1[c-]cc(-n2cccc(C)c2=O)nc1.[Y]. The fourth-order valence-corrected chi connectivity index (χ4v) is 1.33. The quantitative estimate of drug-likeness (QED) is 0.748. The van der Waals surface area contributed by atoms with E-state index in [0.29, 0.717) is 11.4 Å². The van der Waals surface area contributed by atoms with E-state index in [9.17, 15) is 4.79 Å². The van der Waals surface area contributed by atoms with Gasteiger partial charge in [-0.05, 0) is 13.0 Å². The Balaban J connectivity index is 0.00000128. The average molecular weight is 288 g/mol. The zero-order valence-electron chi connectivity index (χ0n) is 9.27. The summed E-state index contributed by atoms with van der Waals surface area (Å²) in [6.45, 7) is 3.70. The van der Waals surface area contributed by atoms with Crippen LogP contribution in [-0.4, -0.2) is 9.55 Å². The van der Waals surface area contributed by atoms with Crippen molar-refractivity contribution in [3.05, 3.63) is 58.1 Å². The molecule has 0 N–H and O–H groups in total. The van der Waals surface area contributed by atoms with Crippen molar-refractivity contribution < 1.29 is 32.7 Å². The summed E-state index contributed by atoms with van der Waals surface area (Å²) in [5.74, 6) is 0.606. The Hall–Kier alpha value is -0.796. The van der Waals surface area contributed by atoms with E-state index in [2.05, 4.69) is 11.1 Å². The number of aromatic nitrogens is 2. The van der Waals surface area contributed by atoms with E-state index in [-0.39, 0.29) is 38.3 Å². The summed E-state index contributed by atoms with van der Waals surface area (Å²) in [6, 6.07) is 8.36. The van der Waals surface area contributed by atoms with Gasteiger partial charge in [-0.15, -0.1) is 11.6 Å². The third-order valence-corrected chi connectivity index (χ3v) is 2.20. The summed E-state index contributed by atoms with van der Waals surface area (Å²) >= 11 is 0. The van der Waals surface area contributed by atoms with Crippen molar-refractivity contribution in [3.63, 3.8) is 0 Å². The molecule has 0 fully saturated rings. The van der Waals surface area contributed by atoms with E-state index in [4.69, 9.17) is 0 Å². The summed E-state index contributed by atoms with van der Waals surface area (Å²) in [5, 5.41) is 0. The van der Waals surface area contributed by atoms with E-state index in [1.807, 2.05) is 13.0 Å². The molecule has 0 aliphatic rings. The van der Waals surface area contributed by atoms with Gasteiger partial charge in [0.25, 0.3) is 0 Å². The van der Waals surface area contributed by atoms with Gasteiger partial charge in [0.15, 0.2) is 0 Å². The molecule has 0 aliphatic heterocycles. The van der Waals surface area contributed by atoms with Crippen molar-refractivity contribution in [1.82, 2.24) is 9.55 Å². The number of nitrogens with zero attached hydrogens (tertiary/aromatic N) is 2. The summed E-state index contributed by atoms with van der Waals surface area (Å²) < 4.78 is 1.52. The molecule has 0 unspecified atom stereocenters. The second kappa shape index (κ2) is 5.51. The molecule has 0 saturated heterocycles. The van der Waals surface area contributed by atoms with Crippen LogP contribution in [0, 0.1) is 19.9 Å². The van der Waals surface area contributed by atoms with Crippen LogP contribution < -0.4 is 5.56 Å². The Kier molecular flexibility index (Phi) is 4.57. The van der Waals surface area contributed by atoms with Gasteiger partial charge in [0.2, 0.25) is 5.56 Å². The molecule has 16 heavy (non-hydrogen) atoms. The Morgan fingerprint density at radius 1 is 1.38 bits per heavy atom. The Labute approximate surface area is 119 Å². The molecule has 2 heterocycles. The van der Waals surface area contributed by atoms with E-state index in [1.165, 1.54) is 4.57 Å². The summed E-state index contributed by atoms with van der Waals surface area (Å²) in [6.07, 6.45) is 3.41. The van der Waals surface area contributed by atoms with Gasteiger partial charge in [0, 0.05) is 50.3 Å². The van der Waals surface area contributed by atoms with Crippen molar-refractivity contribution >= 4 is 0 Å². The number of hydrogen-bond acceptors (Lipinski definition) is 2. The molecule has 0 saturated carbocycles. The zero-order chi connectivity index (χ0) is 10.8. The van der Waals surface area contributed by atoms with Crippen LogP contribution in [0.5, 0.6) is 0 Å². The first-order chi connectivity index (χ1) is 7.18. The van der Waals surface area contributed by atoms with Gasteiger partial charge in [-0.2, -0.15) is 6.07 Å². The molecule has 4 heteroatoms. The molecule has 0 spiro atoms. The number of rotatable bonds is 1. The van der Waals surface area contributed by atoms with E-state index in [0.717, 1.165) is 5.56 Å². The topological polar surface area (TPSA) is 34.9 Å². The first-order valence-corrected chi connectivity index (χ1v) is 4.71. The third kappa shape index (κ3) is 2.66. The van der Waals surface area contributed by atoms with Crippen molar-refractivity contribution in [2.75, 3.05) is 0 Å². The fourth-order valence-electron chi connectivity index (χ4n) is 1.33. The van der Waals surface area contributed by atoms with Crippen LogP contribution in [0.4, 0.5) is 0 Å². The molecular formula is C12H11N2OY-. The Morgan fingerprint density at radius 3 is 2.75 bits per heavy atom. The fraction of sp³-hybridized carbons (Fsp3) is 0.167. The normalized spacial score (nSPS) is 9.62. The maximum absolute atomic E-state index is 11.8. The predicted octanol–water partition coefficient (Wildman–Crippen LogP) is 1.65. The molecule has 0 aromatic carbocycles. The van der Waals surface area contributed by atoms with Crippen molar-refractivity contribution in [2.45, 2.75) is 13.8 Å². The largest absolute Gasteiger partial charge is 0.367 e. The van der Waals surface area contributed by atoms with Gasteiger partial charge >= 0.3 is 0 Å². The molecule has 0 aliphatic carbocycles. The summed E-state index contributed by atoms with van der Waals surface area (Å²) in [5.41, 5.74) is 1.63. The Bertz CT molecular complexity index is 531. The standard InChI is InChI=1S/C12H11N2O.Y/c1-9-5-6-11(13-8-9)14-7-3-4-10(2)12(14)15;/h3-4,6-8H,1-2H3;/q-1;. The molecule has 2 aromatic heterocycles. The Morgan fingerprint density at radius 2 is 2.12 bits per heavy atom. The minimum atomic E-state index is -0.0396. The van der Waals surface area contributed by atoms with Crippen LogP contribution in [-0.2, 0) is 32.7 Å². The average Bonchev–Trinajstić information content (AvgIpc) is 2.24. The van der Waals surface area contributed by atoms with Gasteiger partial charge in [0.05, 0.1) is 0 Å². The van der Waals surface area contributed by atoms with Crippen molar-refractivity contribution in [3.8, 4) is 5.82 Å². The van der Waals surface area contributed by atoms with Gasteiger partial charge in [0.1, 0.15) is 0 Å². The minimum Gasteiger partial charge on any atom is -0.367 e. The van der Waals surface area contributed by atoms with Crippen LogP contribution in [0.2, 0.25) is 0 Å². The third-order valence-electron chi connectivity index (χ3n) is 2.20. The zero-order valence-corrected chi connectivity index (χ0v) is 12.1. The molecular weight excluding hydrogens is 277 g/mol. The van der Waals surface area contributed by atoms with Gasteiger partial charge < -0.3 is 9.55 Å². The first kappa shape index (κ1) is 13.3. The van der Waals surface area contributed by atoms with Gasteiger partial charge in [-0.3, -0.25) is 4.79 Å². The first-order valence-electron chi connectivity index (χ1n) is 4.71. The predicted molar refractivity (Wildman–Crippen MR) is 58.1 cm³/mol. The smallest absolute Gasteiger partial charge is 0.248 e. The maximum Gasteiger partial charge on any atom is 0.248 e. The van der Waals surface area contributed by atoms with Crippen LogP contribution >= 0.6 is 0 Å². The van der Waals surface area contributed by atoms with Crippen LogP contribution in [0.1, 0.15) is 11.1 Å². The van der Waals surface area contributed by atoms with Gasteiger partial charge in [-0.25, -0.2) is 0 Å². The molecule has 0 atom stereocenters. The number of pyridine rings is 2. The summed E-state index contributed by atoms with van der Waals surface area (Å²) in [4.78, 5) is 15.9.